The van der Waals surface area contributed by atoms with Crippen LogP contribution in [0, 0.1) is 12.8 Å². The number of carbonyl (C=O) groups excluding carboxylic acids is 2. The molecular formula is C27H35ClN4O4. The number of ether oxygens (including phenoxy) is 1. The zero-order valence-electron chi connectivity index (χ0n) is 21.6. The summed E-state index contributed by atoms with van der Waals surface area (Å²) in [7, 11) is 0. The number of nitrogens with zero attached hydrogens (tertiary/aromatic N) is 3. The van der Waals surface area contributed by atoms with Crippen molar-refractivity contribution in [1.82, 2.24) is 20.0 Å². The maximum absolute atomic E-state index is 12.9. The van der Waals surface area contributed by atoms with Gasteiger partial charge in [0, 0.05) is 46.7 Å². The number of hydrogen-bond donors (Lipinski definition) is 1. The molecular weight excluding hydrogens is 480 g/mol. The van der Waals surface area contributed by atoms with E-state index in [0.717, 1.165) is 28.0 Å². The third-order valence-corrected chi connectivity index (χ3v) is 6.63. The molecule has 1 aliphatic rings. The average Bonchev–Trinajstić information content (AvgIpc) is 3.42. The van der Waals surface area contributed by atoms with Gasteiger partial charge in [-0.15, -0.1) is 0 Å². The summed E-state index contributed by atoms with van der Waals surface area (Å²) < 4.78 is 13.2. The molecule has 0 atom stereocenters. The Balaban J connectivity index is 1.39. The van der Waals surface area contributed by atoms with Crippen LogP contribution in [0.5, 0.6) is 0 Å². The first kappa shape index (κ1) is 26.1. The van der Waals surface area contributed by atoms with Gasteiger partial charge in [0.15, 0.2) is 0 Å². The highest BCUT2D eigenvalue weighted by Crippen LogP contribution is 2.31. The van der Waals surface area contributed by atoms with Crippen molar-refractivity contribution in [3.63, 3.8) is 0 Å². The number of amides is 2. The van der Waals surface area contributed by atoms with Crippen LogP contribution in [0.25, 0.3) is 11.0 Å². The van der Waals surface area contributed by atoms with E-state index in [2.05, 4.69) is 24.3 Å². The van der Waals surface area contributed by atoms with Gasteiger partial charge in [-0.25, -0.2) is 4.79 Å². The number of nitrogens with one attached hydrogen (secondary N) is 1. The predicted molar refractivity (Wildman–Crippen MR) is 140 cm³/mol. The van der Waals surface area contributed by atoms with Crippen LogP contribution < -0.4 is 5.32 Å². The third kappa shape index (κ3) is 6.03. The molecule has 0 unspecified atom stereocenters. The van der Waals surface area contributed by atoms with Crippen molar-refractivity contribution in [2.45, 2.75) is 66.0 Å². The molecule has 8 nitrogen and oxygen atoms in total. The number of aryl methyl sites for hydroxylation is 1. The van der Waals surface area contributed by atoms with Crippen LogP contribution in [0.2, 0.25) is 5.02 Å². The number of fused-ring (bicyclic) bond motifs is 1. The molecule has 0 saturated carbocycles. The zero-order chi connectivity index (χ0) is 26.0. The van der Waals surface area contributed by atoms with E-state index in [4.69, 9.17) is 20.8 Å². The normalized spacial score (nSPS) is 14.7. The summed E-state index contributed by atoms with van der Waals surface area (Å²) in [6.07, 6.45) is 1.08. The number of hydrogen-bond acceptors (Lipinski definition) is 5. The maximum atomic E-state index is 12.9. The Bertz CT molecular complexity index is 1240. The lowest BCUT2D eigenvalue weighted by molar-refractivity contribution is 0.0784. The topological polar surface area (TPSA) is 89.6 Å². The SMILES string of the molecule is Cc1cc(C(=O)NC2CCN(C(=O)OCC(C)C)CC2)nn1Cc1cc(Cl)cc2cc(C(C)C)oc12. The standard InChI is InChI=1S/C27H35ClN4O4/c1-16(2)15-35-27(34)31-8-6-22(7-9-31)29-26(33)23-10-18(5)32(30-23)14-20-12-21(28)11-19-13-24(17(3)4)36-25(19)20/h10-13,16-17,22H,6-9,14-15H2,1-5H3,(H,29,33). The summed E-state index contributed by atoms with van der Waals surface area (Å²) in [5.74, 6) is 1.26. The number of piperidine rings is 1. The summed E-state index contributed by atoms with van der Waals surface area (Å²) in [4.78, 5) is 26.8. The van der Waals surface area contributed by atoms with Gasteiger partial charge in [-0.05, 0) is 49.9 Å². The van der Waals surface area contributed by atoms with Gasteiger partial charge in [0.2, 0.25) is 0 Å². The molecule has 3 heterocycles. The lowest BCUT2D eigenvalue weighted by Crippen LogP contribution is -2.47. The van der Waals surface area contributed by atoms with Gasteiger partial charge in [-0.2, -0.15) is 5.10 Å². The van der Waals surface area contributed by atoms with Crippen LogP contribution in [0.15, 0.2) is 28.7 Å². The van der Waals surface area contributed by atoms with Crippen LogP contribution in [0.3, 0.4) is 0 Å². The zero-order valence-corrected chi connectivity index (χ0v) is 22.4. The fraction of sp³-hybridized carbons (Fsp3) is 0.519. The Morgan fingerprint density at radius 1 is 1.17 bits per heavy atom. The van der Waals surface area contributed by atoms with Gasteiger partial charge in [0.25, 0.3) is 5.91 Å². The fourth-order valence-electron chi connectivity index (χ4n) is 4.34. The molecule has 1 aromatic carbocycles. The summed E-state index contributed by atoms with van der Waals surface area (Å²) in [5.41, 5.74) is 2.94. The number of halogens is 1. The second-order valence-electron chi connectivity index (χ2n) is 10.3. The first-order valence-corrected chi connectivity index (χ1v) is 13.0. The van der Waals surface area contributed by atoms with Gasteiger partial charge in [-0.1, -0.05) is 39.3 Å². The molecule has 9 heteroatoms. The van der Waals surface area contributed by atoms with E-state index in [1.54, 1.807) is 15.6 Å². The smallest absolute Gasteiger partial charge is 0.409 e. The van der Waals surface area contributed by atoms with Crippen LogP contribution in [0.1, 0.15) is 74.0 Å². The van der Waals surface area contributed by atoms with E-state index in [-0.39, 0.29) is 24.0 Å². The number of aromatic nitrogens is 2. The van der Waals surface area contributed by atoms with Crippen molar-refractivity contribution >= 4 is 34.6 Å². The molecule has 194 valence electrons. The first-order chi connectivity index (χ1) is 17.1. The molecule has 0 aliphatic carbocycles. The second kappa shape index (κ2) is 10.9. The third-order valence-electron chi connectivity index (χ3n) is 6.41. The molecule has 3 aromatic rings. The average molecular weight is 515 g/mol. The second-order valence-corrected chi connectivity index (χ2v) is 10.8. The van der Waals surface area contributed by atoms with Gasteiger partial charge in [0.05, 0.1) is 13.2 Å². The lowest BCUT2D eigenvalue weighted by atomic mass is 10.1. The molecule has 2 aromatic heterocycles. The first-order valence-electron chi connectivity index (χ1n) is 12.6. The van der Waals surface area contributed by atoms with Crippen molar-refractivity contribution in [1.29, 1.82) is 0 Å². The molecule has 0 bridgehead atoms. The molecule has 2 amide bonds. The quantitative estimate of drug-likeness (QED) is 0.433. The fourth-order valence-corrected chi connectivity index (χ4v) is 4.59. The highest BCUT2D eigenvalue weighted by Gasteiger charge is 2.26. The minimum atomic E-state index is -0.282. The molecule has 0 radical (unpaired) electrons. The van der Waals surface area contributed by atoms with Gasteiger partial charge in [0.1, 0.15) is 17.0 Å². The van der Waals surface area contributed by atoms with Crippen LogP contribution in [0.4, 0.5) is 4.79 Å². The number of furan rings is 1. The van der Waals surface area contributed by atoms with Crippen LogP contribution >= 0.6 is 11.6 Å². The Morgan fingerprint density at radius 3 is 2.56 bits per heavy atom. The Labute approximate surface area is 216 Å². The summed E-state index contributed by atoms with van der Waals surface area (Å²) in [6.45, 7) is 12.1. The van der Waals surface area contributed by atoms with Gasteiger partial charge < -0.3 is 19.4 Å². The van der Waals surface area contributed by atoms with Crippen LogP contribution in [-0.2, 0) is 11.3 Å². The minimum Gasteiger partial charge on any atom is -0.460 e. The minimum absolute atomic E-state index is 0.0118. The summed E-state index contributed by atoms with van der Waals surface area (Å²) >= 11 is 6.38. The maximum Gasteiger partial charge on any atom is 0.409 e. The van der Waals surface area contributed by atoms with E-state index in [9.17, 15) is 9.59 Å². The Hall–Kier alpha value is -3.00. The Morgan fingerprint density at radius 2 is 1.89 bits per heavy atom. The van der Waals surface area contributed by atoms with E-state index in [1.165, 1.54) is 0 Å². The van der Waals surface area contributed by atoms with Crippen molar-refractivity contribution < 1.29 is 18.7 Å². The monoisotopic (exact) mass is 514 g/mol. The summed E-state index contributed by atoms with van der Waals surface area (Å²) in [6, 6.07) is 7.59. The number of benzene rings is 1. The van der Waals surface area contributed by atoms with Crippen molar-refractivity contribution in [3.8, 4) is 0 Å². The van der Waals surface area contributed by atoms with E-state index >= 15 is 0 Å². The molecule has 1 N–H and O–H groups in total. The molecule has 1 saturated heterocycles. The molecule has 1 aliphatic heterocycles. The van der Waals surface area contributed by atoms with Crippen molar-refractivity contribution in [2.75, 3.05) is 19.7 Å². The van der Waals surface area contributed by atoms with E-state index < -0.39 is 0 Å². The number of carbonyl (C=O) groups is 2. The number of likely N-dealkylation sites (tertiary alicyclic amines) is 1. The van der Waals surface area contributed by atoms with E-state index in [0.29, 0.717) is 55.7 Å². The van der Waals surface area contributed by atoms with E-state index in [1.807, 2.05) is 39.0 Å². The van der Waals surface area contributed by atoms with Crippen molar-refractivity contribution in [2.24, 2.45) is 5.92 Å². The molecule has 4 rings (SSSR count). The number of rotatable bonds is 7. The predicted octanol–water partition coefficient (Wildman–Crippen LogP) is 5.75. The van der Waals surface area contributed by atoms with Crippen molar-refractivity contribution in [3.05, 3.63) is 52.0 Å². The Kier molecular flexibility index (Phi) is 7.93. The van der Waals surface area contributed by atoms with Crippen LogP contribution in [-0.4, -0.2) is 52.4 Å². The van der Waals surface area contributed by atoms with Gasteiger partial charge >= 0.3 is 6.09 Å². The largest absolute Gasteiger partial charge is 0.460 e. The highest BCUT2D eigenvalue weighted by atomic mass is 35.5. The lowest BCUT2D eigenvalue weighted by Gasteiger charge is -2.31. The molecule has 36 heavy (non-hydrogen) atoms. The molecule has 1 fully saturated rings. The van der Waals surface area contributed by atoms with Gasteiger partial charge in [-0.3, -0.25) is 9.48 Å². The molecule has 0 spiro atoms. The summed E-state index contributed by atoms with van der Waals surface area (Å²) in [5, 5.41) is 9.24. The highest BCUT2D eigenvalue weighted by molar-refractivity contribution is 6.31.